The first-order valence-corrected chi connectivity index (χ1v) is 5.52. The van der Waals surface area contributed by atoms with Crippen LogP contribution in [0, 0.1) is 5.41 Å². The average molecular weight is 221 g/mol. The first-order chi connectivity index (χ1) is 5.22. The molecule has 0 aromatic heterocycles. The summed E-state index contributed by atoms with van der Waals surface area (Å²) in [6.45, 7) is 5.26. The third-order valence-corrected chi connectivity index (χ3v) is 3.68. The molecule has 1 rings (SSSR count). The zero-order valence-corrected chi connectivity index (χ0v) is 8.99. The van der Waals surface area contributed by atoms with Gasteiger partial charge >= 0.3 is 0 Å². The van der Waals surface area contributed by atoms with E-state index in [1.807, 2.05) is 0 Å². The van der Waals surface area contributed by atoms with Gasteiger partial charge in [0.2, 0.25) is 0 Å². The van der Waals surface area contributed by atoms with Gasteiger partial charge in [-0.15, -0.1) is 0 Å². The molecule has 2 heteroatoms. The highest BCUT2D eigenvalue weighted by Crippen LogP contribution is 2.47. The Hall–Kier alpha value is 0.440. The number of ether oxygens (including phenoxy) is 1. The molecular formula is C9H17BrO. The highest BCUT2D eigenvalue weighted by Gasteiger charge is 2.41. The summed E-state index contributed by atoms with van der Waals surface area (Å²) in [5.74, 6) is 0. The Kier molecular flexibility index (Phi) is 3.38. The van der Waals surface area contributed by atoms with Crippen LogP contribution in [0.1, 0.15) is 33.1 Å². The van der Waals surface area contributed by atoms with Crippen LogP contribution in [0.3, 0.4) is 0 Å². The highest BCUT2D eigenvalue weighted by molar-refractivity contribution is 9.09. The second-order valence-corrected chi connectivity index (χ2v) is 4.22. The third-order valence-electron chi connectivity index (χ3n) is 2.49. The molecular weight excluding hydrogens is 204 g/mol. The lowest BCUT2D eigenvalue weighted by atomic mass is 10.2. The van der Waals surface area contributed by atoms with Crippen molar-refractivity contribution in [2.75, 3.05) is 11.9 Å². The fourth-order valence-corrected chi connectivity index (χ4v) is 1.65. The number of halogens is 1. The van der Waals surface area contributed by atoms with Crippen LogP contribution in [0.2, 0.25) is 0 Å². The number of alkyl halides is 1. The largest absolute Gasteiger partial charge is 0.378 e. The molecule has 1 saturated carbocycles. The van der Waals surface area contributed by atoms with Gasteiger partial charge in [0.15, 0.2) is 0 Å². The molecule has 66 valence electrons. The van der Waals surface area contributed by atoms with E-state index >= 15 is 0 Å². The van der Waals surface area contributed by atoms with E-state index in [4.69, 9.17) is 4.74 Å². The molecule has 0 amide bonds. The van der Waals surface area contributed by atoms with E-state index < -0.39 is 0 Å². The van der Waals surface area contributed by atoms with Crippen molar-refractivity contribution in [2.24, 2.45) is 5.41 Å². The SMILES string of the molecule is CCC(C)OCC1(CBr)CC1. The summed E-state index contributed by atoms with van der Waals surface area (Å²) in [5.41, 5.74) is 0.517. The van der Waals surface area contributed by atoms with E-state index in [-0.39, 0.29) is 0 Å². The molecule has 1 nitrogen and oxygen atoms in total. The van der Waals surface area contributed by atoms with E-state index in [0.717, 1.165) is 18.4 Å². The summed E-state index contributed by atoms with van der Waals surface area (Å²) in [5, 5.41) is 1.11. The van der Waals surface area contributed by atoms with E-state index in [2.05, 4.69) is 29.8 Å². The summed E-state index contributed by atoms with van der Waals surface area (Å²) in [7, 11) is 0. The molecule has 0 aliphatic heterocycles. The van der Waals surface area contributed by atoms with Crippen LogP contribution in [-0.2, 0) is 4.74 Å². The molecule has 0 saturated heterocycles. The van der Waals surface area contributed by atoms with Crippen molar-refractivity contribution in [3.63, 3.8) is 0 Å². The molecule has 11 heavy (non-hydrogen) atoms. The average Bonchev–Trinajstić information content (AvgIpc) is 2.81. The second-order valence-electron chi connectivity index (χ2n) is 3.66. The van der Waals surface area contributed by atoms with Crippen molar-refractivity contribution < 1.29 is 4.74 Å². The monoisotopic (exact) mass is 220 g/mol. The van der Waals surface area contributed by atoms with Crippen LogP contribution in [0.5, 0.6) is 0 Å². The minimum Gasteiger partial charge on any atom is -0.378 e. The normalized spacial score (nSPS) is 23.2. The summed E-state index contributed by atoms with van der Waals surface area (Å²) in [6.07, 6.45) is 4.24. The first-order valence-electron chi connectivity index (χ1n) is 4.40. The van der Waals surface area contributed by atoms with Crippen LogP contribution >= 0.6 is 15.9 Å². The Labute approximate surface area is 77.6 Å². The van der Waals surface area contributed by atoms with Gasteiger partial charge in [0.1, 0.15) is 0 Å². The summed E-state index contributed by atoms with van der Waals surface area (Å²) >= 11 is 3.53. The van der Waals surface area contributed by atoms with Crippen molar-refractivity contribution in [3.8, 4) is 0 Å². The zero-order chi connectivity index (χ0) is 8.32. The van der Waals surface area contributed by atoms with Crippen LogP contribution in [0.15, 0.2) is 0 Å². The Morgan fingerprint density at radius 3 is 2.55 bits per heavy atom. The maximum atomic E-state index is 5.68. The van der Waals surface area contributed by atoms with Gasteiger partial charge in [-0.25, -0.2) is 0 Å². The van der Waals surface area contributed by atoms with Crippen molar-refractivity contribution in [3.05, 3.63) is 0 Å². The maximum Gasteiger partial charge on any atom is 0.0544 e. The van der Waals surface area contributed by atoms with Crippen molar-refractivity contribution in [1.29, 1.82) is 0 Å². The predicted molar refractivity (Wildman–Crippen MR) is 51.2 cm³/mol. The molecule has 1 aliphatic carbocycles. The van der Waals surface area contributed by atoms with Crippen LogP contribution < -0.4 is 0 Å². The van der Waals surface area contributed by atoms with E-state index in [0.29, 0.717) is 11.5 Å². The van der Waals surface area contributed by atoms with Gasteiger partial charge in [0.05, 0.1) is 12.7 Å². The first kappa shape index (κ1) is 9.53. The second kappa shape index (κ2) is 3.90. The maximum absolute atomic E-state index is 5.68. The van der Waals surface area contributed by atoms with E-state index in [1.165, 1.54) is 12.8 Å². The summed E-state index contributed by atoms with van der Waals surface area (Å²) in [4.78, 5) is 0. The Bertz CT molecular complexity index is 121. The summed E-state index contributed by atoms with van der Waals surface area (Å²) < 4.78 is 5.68. The lowest BCUT2D eigenvalue weighted by molar-refractivity contribution is 0.0368. The van der Waals surface area contributed by atoms with Gasteiger partial charge in [-0.1, -0.05) is 22.9 Å². The highest BCUT2D eigenvalue weighted by atomic mass is 79.9. The molecule has 0 aromatic rings. The van der Waals surface area contributed by atoms with Crippen LogP contribution in [0.25, 0.3) is 0 Å². The number of hydrogen-bond donors (Lipinski definition) is 0. The molecule has 1 atom stereocenters. The molecule has 0 N–H and O–H groups in total. The van der Waals surface area contributed by atoms with Gasteiger partial charge in [-0.05, 0) is 26.2 Å². The molecule has 0 aromatic carbocycles. The smallest absolute Gasteiger partial charge is 0.0544 e. The van der Waals surface area contributed by atoms with Gasteiger partial charge < -0.3 is 4.74 Å². The molecule has 1 aliphatic rings. The Balaban J connectivity index is 2.11. The van der Waals surface area contributed by atoms with E-state index in [9.17, 15) is 0 Å². The fraction of sp³-hybridized carbons (Fsp3) is 1.00. The van der Waals surface area contributed by atoms with Crippen molar-refractivity contribution >= 4 is 15.9 Å². The van der Waals surface area contributed by atoms with Gasteiger partial charge in [0, 0.05) is 10.7 Å². The fourth-order valence-electron chi connectivity index (χ4n) is 0.930. The van der Waals surface area contributed by atoms with Crippen molar-refractivity contribution in [1.82, 2.24) is 0 Å². The minimum absolute atomic E-state index is 0.437. The molecule has 0 bridgehead atoms. The lowest BCUT2D eigenvalue weighted by Crippen LogP contribution is -2.17. The van der Waals surface area contributed by atoms with Crippen LogP contribution in [0.4, 0.5) is 0 Å². The van der Waals surface area contributed by atoms with Crippen LogP contribution in [-0.4, -0.2) is 18.0 Å². The third kappa shape index (κ3) is 2.75. The Morgan fingerprint density at radius 2 is 2.18 bits per heavy atom. The predicted octanol–water partition coefficient (Wildman–Crippen LogP) is 2.98. The van der Waals surface area contributed by atoms with Gasteiger partial charge in [-0.3, -0.25) is 0 Å². The molecule has 0 heterocycles. The molecule has 0 radical (unpaired) electrons. The molecule has 1 fully saturated rings. The Morgan fingerprint density at radius 1 is 1.55 bits per heavy atom. The molecule has 1 unspecified atom stereocenters. The quantitative estimate of drug-likeness (QED) is 0.648. The van der Waals surface area contributed by atoms with Gasteiger partial charge in [0.25, 0.3) is 0 Å². The number of rotatable bonds is 5. The van der Waals surface area contributed by atoms with Gasteiger partial charge in [-0.2, -0.15) is 0 Å². The van der Waals surface area contributed by atoms with Crippen molar-refractivity contribution in [2.45, 2.75) is 39.2 Å². The standard InChI is InChI=1S/C9H17BrO/c1-3-8(2)11-7-9(6-10)4-5-9/h8H,3-7H2,1-2H3. The topological polar surface area (TPSA) is 9.23 Å². The zero-order valence-electron chi connectivity index (χ0n) is 7.40. The summed E-state index contributed by atoms with van der Waals surface area (Å²) in [6, 6.07) is 0. The number of hydrogen-bond acceptors (Lipinski definition) is 1. The van der Waals surface area contributed by atoms with E-state index in [1.54, 1.807) is 0 Å². The minimum atomic E-state index is 0.437. The molecule has 0 spiro atoms. The lowest BCUT2D eigenvalue weighted by Gasteiger charge is -2.15.